The number of carboxylic acids is 1. The SMILES string of the molecule is CC/C=C\C/C=C\C/C=C\C/C=C\C/C=C\CCCC(=O)OCC(C)(C)[C@@H](OC(=O)c1cccnc1)C(=O)NCCC(=O)NCCC(=O)O. The molecule has 0 saturated carbocycles. The van der Waals surface area contributed by atoms with Gasteiger partial charge in [-0.3, -0.25) is 24.2 Å². The summed E-state index contributed by atoms with van der Waals surface area (Å²) in [6.45, 7) is 5.09. The number of esters is 2. The Bertz CT molecular complexity index is 1300. The third kappa shape index (κ3) is 21.6. The molecular formula is C38H53N3O8. The topological polar surface area (TPSA) is 161 Å². The van der Waals surface area contributed by atoms with E-state index in [0.717, 1.165) is 32.1 Å². The number of nitrogens with one attached hydrogen (secondary N) is 2. The Kier molecular flexibility index (Phi) is 22.6. The van der Waals surface area contributed by atoms with E-state index in [1.165, 1.54) is 18.5 Å². The van der Waals surface area contributed by atoms with Gasteiger partial charge in [0.1, 0.15) is 6.61 Å². The highest BCUT2D eigenvalue weighted by molar-refractivity contribution is 5.92. The van der Waals surface area contributed by atoms with Gasteiger partial charge in [0, 0.05) is 43.7 Å². The fourth-order valence-corrected chi connectivity index (χ4v) is 4.16. The lowest BCUT2D eigenvalue weighted by atomic mass is 9.86. The fraction of sp³-hybridized carbons (Fsp3) is 0.474. The first-order valence-electron chi connectivity index (χ1n) is 16.8. The molecule has 11 heteroatoms. The maximum Gasteiger partial charge on any atom is 0.340 e. The number of carbonyl (C=O) groups excluding carboxylic acids is 4. The zero-order valence-electron chi connectivity index (χ0n) is 29.1. The minimum Gasteiger partial charge on any atom is -0.481 e. The lowest BCUT2D eigenvalue weighted by molar-refractivity contribution is -0.153. The van der Waals surface area contributed by atoms with Crippen molar-refractivity contribution in [1.82, 2.24) is 15.6 Å². The van der Waals surface area contributed by atoms with Crippen molar-refractivity contribution >= 4 is 29.7 Å². The third-order valence-corrected chi connectivity index (χ3v) is 6.90. The van der Waals surface area contributed by atoms with Gasteiger partial charge in [0.15, 0.2) is 6.10 Å². The average Bonchev–Trinajstić information content (AvgIpc) is 3.07. The number of aliphatic carboxylic acids is 1. The van der Waals surface area contributed by atoms with Crippen molar-refractivity contribution in [1.29, 1.82) is 0 Å². The van der Waals surface area contributed by atoms with Crippen molar-refractivity contribution in [2.24, 2.45) is 5.41 Å². The van der Waals surface area contributed by atoms with E-state index in [1.54, 1.807) is 19.9 Å². The number of amides is 2. The van der Waals surface area contributed by atoms with E-state index in [9.17, 15) is 24.0 Å². The van der Waals surface area contributed by atoms with E-state index in [1.807, 2.05) is 6.08 Å². The summed E-state index contributed by atoms with van der Waals surface area (Å²) in [6.07, 6.45) is 28.6. The van der Waals surface area contributed by atoms with Gasteiger partial charge in [0.25, 0.3) is 5.91 Å². The predicted molar refractivity (Wildman–Crippen MR) is 189 cm³/mol. The summed E-state index contributed by atoms with van der Waals surface area (Å²) in [5.41, 5.74) is -0.980. The van der Waals surface area contributed by atoms with Gasteiger partial charge in [-0.1, -0.05) is 81.5 Å². The van der Waals surface area contributed by atoms with Crippen LogP contribution in [0.5, 0.6) is 0 Å². The molecule has 1 aromatic rings. The quantitative estimate of drug-likeness (QED) is 0.0621. The Morgan fingerprint density at radius 2 is 1.43 bits per heavy atom. The summed E-state index contributed by atoms with van der Waals surface area (Å²) >= 11 is 0. The number of hydrogen-bond donors (Lipinski definition) is 3. The van der Waals surface area contributed by atoms with Gasteiger partial charge in [-0.25, -0.2) is 4.79 Å². The van der Waals surface area contributed by atoms with Crippen LogP contribution in [0.25, 0.3) is 0 Å². The van der Waals surface area contributed by atoms with Crippen molar-refractivity contribution in [3.8, 4) is 0 Å². The van der Waals surface area contributed by atoms with Crippen LogP contribution in [-0.4, -0.2) is 65.6 Å². The Balaban J connectivity index is 2.50. The fourth-order valence-electron chi connectivity index (χ4n) is 4.16. The van der Waals surface area contributed by atoms with Crippen LogP contribution in [-0.2, 0) is 28.7 Å². The lowest BCUT2D eigenvalue weighted by Crippen LogP contribution is -2.49. The Hall–Kier alpha value is -4.80. The summed E-state index contributed by atoms with van der Waals surface area (Å²) in [6, 6.07) is 3.05. The lowest BCUT2D eigenvalue weighted by Gasteiger charge is -2.32. The molecule has 268 valence electrons. The molecule has 3 N–H and O–H groups in total. The molecule has 0 aliphatic carbocycles. The normalized spacial score (nSPS) is 12.6. The first-order chi connectivity index (χ1) is 23.6. The molecule has 0 aliphatic rings. The van der Waals surface area contributed by atoms with E-state index < -0.39 is 41.2 Å². The van der Waals surface area contributed by atoms with Crippen LogP contribution in [0.4, 0.5) is 0 Å². The van der Waals surface area contributed by atoms with Gasteiger partial charge in [-0.2, -0.15) is 0 Å². The predicted octanol–water partition coefficient (Wildman–Crippen LogP) is 6.20. The number of rotatable bonds is 25. The molecule has 49 heavy (non-hydrogen) atoms. The van der Waals surface area contributed by atoms with Crippen molar-refractivity contribution in [2.45, 2.75) is 91.1 Å². The number of allylic oxidation sites excluding steroid dienone is 10. The van der Waals surface area contributed by atoms with Crippen molar-refractivity contribution in [2.75, 3.05) is 19.7 Å². The number of ether oxygens (including phenoxy) is 2. The van der Waals surface area contributed by atoms with E-state index in [2.05, 4.69) is 77.2 Å². The van der Waals surface area contributed by atoms with Crippen LogP contribution in [0.15, 0.2) is 85.3 Å². The zero-order valence-corrected chi connectivity index (χ0v) is 29.1. The second-order valence-electron chi connectivity index (χ2n) is 11.8. The van der Waals surface area contributed by atoms with Gasteiger partial charge in [0.05, 0.1) is 12.0 Å². The minimum absolute atomic E-state index is 0.0336. The monoisotopic (exact) mass is 679 g/mol. The zero-order chi connectivity index (χ0) is 36.2. The molecule has 11 nitrogen and oxygen atoms in total. The molecule has 0 saturated heterocycles. The van der Waals surface area contributed by atoms with E-state index in [-0.39, 0.29) is 44.5 Å². The summed E-state index contributed by atoms with van der Waals surface area (Å²) in [7, 11) is 0. The smallest absolute Gasteiger partial charge is 0.340 e. The number of carbonyl (C=O) groups is 5. The maximum atomic E-state index is 13.2. The highest BCUT2D eigenvalue weighted by Gasteiger charge is 2.40. The number of unbranched alkanes of at least 4 members (excludes halogenated alkanes) is 1. The third-order valence-electron chi connectivity index (χ3n) is 6.90. The van der Waals surface area contributed by atoms with Gasteiger partial charge < -0.3 is 25.2 Å². The van der Waals surface area contributed by atoms with Crippen molar-refractivity contribution in [3.63, 3.8) is 0 Å². The van der Waals surface area contributed by atoms with Crippen LogP contribution in [0.2, 0.25) is 0 Å². The van der Waals surface area contributed by atoms with Crippen LogP contribution in [0.3, 0.4) is 0 Å². The van der Waals surface area contributed by atoms with Gasteiger partial charge in [0.2, 0.25) is 5.91 Å². The Labute approximate surface area is 290 Å². The van der Waals surface area contributed by atoms with Crippen LogP contribution >= 0.6 is 0 Å². The number of pyridine rings is 1. The van der Waals surface area contributed by atoms with E-state index in [4.69, 9.17) is 14.6 Å². The Morgan fingerprint density at radius 1 is 0.837 bits per heavy atom. The van der Waals surface area contributed by atoms with Crippen LogP contribution in [0.1, 0.15) is 95.3 Å². The van der Waals surface area contributed by atoms with Gasteiger partial charge in [-0.15, -0.1) is 0 Å². The number of hydrogen-bond acceptors (Lipinski definition) is 8. The molecule has 0 unspecified atom stereocenters. The highest BCUT2D eigenvalue weighted by Crippen LogP contribution is 2.26. The van der Waals surface area contributed by atoms with Crippen LogP contribution in [0, 0.1) is 5.41 Å². The van der Waals surface area contributed by atoms with E-state index in [0.29, 0.717) is 12.8 Å². The molecule has 0 spiro atoms. The Morgan fingerprint density at radius 3 is 2.00 bits per heavy atom. The molecule has 2 amide bonds. The molecule has 0 radical (unpaired) electrons. The van der Waals surface area contributed by atoms with Gasteiger partial charge in [-0.05, 0) is 57.1 Å². The molecule has 0 bridgehead atoms. The summed E-state index contributed by atoms with van der Waals surface area (Å²) in [5, 5.41) is 13.7. The van der Waals surface area contributed by atoms with E-state index >= 15 is 0 Å². The molecule has 1 rings (SSSR count). The molecule has 1 aromatic heterocycles. The first kappa shape index (κ1) is 42.2. The number of carboxylic acid groups (broad SMARTS) is 1. The van der Waals surface area contributed by atoms with Gasteiger partial charge >= 0.3 is 17.9 Å². The minimum atomic E-state index is -1.36. The van der Waals surface area contributed by atoms with Crippen LogP contribution < -0.4 is 10.6 Å². The molecule has 0 fully saturated rings. The molecule has 0 aliphatic heterocycles. The highest BCUT2D eigenvalue weighted by atomic mass is 16.6. The number of aromatic nitrogens is 1. The van der Waals surface area contributed by atoms with Crippen molar-refractivity contribution in [3.05, 3.63) is 90.9 Å². The molecule has 0 aromatic carbocycles. The summed E-state index contributed by atoms with van der Waals surface area (Å²) in [4.78, 5) is 64.9. The number of nitrogens with zero attached hydrogens (tertiary/aromatic N) is 1. The molecular weight excluding hydrogens is 626 g/mol. The second-order valence-corrected chi connectivity index (χ2v) is 11.8. The molecule has 1 heterocycles. The average molecular weight is 680 g/mol. The maximum absolute atomic E-state index is 13.2. The second kappa shape index (κ2) is 26.2. The standard InChI is InChI=1S/C38H53N3O8/c1-4-5-6-7-8-9-10-11-12-13-14-15-16-17-18-19-20-23-34(45)48-30-38(2,3)35(49-37(47)31-22-21-26-39-29-31)36(46)41-27-24-32(42)40-28-25-33(43)44/h5-6,8-9,11-12,14-15,17-18,21-22,26,29,35H,4,7,10,13,16,19-20,23-25,27-28,30H2,1-3H3,(H,40,42)(H,41,46)(H,43,44)/b6-5-,9-8-,12-11-,15-14-,18-17-/t35-/m0/s1. The van der Waals surface area contributed by atoms with Crippen molar-refractivity contribution < 1.29 is 38.6 Å². The molecule has 1 atom stereocenters. The summed E-state index contributed by atoms with van der Waals surface area (Å²) < 4.78 is 11.0. The summed E-state index contributed by atoms with van der Waals surface area (Å²) in [5.74, 6) is -3.37. The largest absolute Gasteiger partial charge is 0.481 e. The first-order valence-corrected chi connectivity index (χ1v) is 16.8.